The molecule has 5 aliphatic rings. The number of piperidine rings is 3. The summed E-state index contributed by atoms with van der Waals surface area (Å²) in [5.41, 5.74) is 10.5. The maximum absolute atomic E-state index is 13.0. The quantitative estimate of drug-likeness (QED) is 0.0349. The molecule has 5 aliphatic heterocycles. The third-order valence-electron chi connectivity index (χ3n) is 26.9. The number of rotatable bonds is 37. The molecule has 9 aromatic rings. The Morgan fingerprint density at radius 1 is 0.322 bits per heavy atom. The van der Waals surface area contributed by atoms with E-state index >= 15 is 0 Å². The number of nitrogens with zero attached hydrogens (tertiary/aromatic N) is 5. The van der Waals surface area contributed by atoms with Gasteiger partial charge in [-0.2, -0.15) is 13.2 Å². The number of morpholine rings is 1. The number of aliphatic hydroxyl groups is 2. The first-order chi connectivity index (χ1) is 70.9. The summed E-state index contributed by atoms with van der Waals surface area (Å²) in [4.78, 5) is 13.0. The molecule has 5 heterocycles. The second-order valence-electron chi connectivity index (χ2n) is 42.2. The molecule has 0 spiro atoms. The smallest absolute Gasteiger partial charge is 0.416 e. The van der Waals surface area contributed by atoms with E-state index in [1.807, 2.05) is 110 Å². The lowest BCUT2D eigenvalue weighted by Crippen LogP contribution is -2.38. The first-order valence-corrected chi connectivity index (χ1v) is 58.7. The van der Waals surface area contributed by atoms with Crippen LogP contribution in [0.25, 0.3) is 0 Å². The molecule has 0 aromatic heterocycles. The van der Waals surface area contributed by atoms with Gasteiger partial charge in [0, 0.05) is 76.1 Å². The largest absolute Gasteiger partial charge is 0.492 e. The van der Waals surface area contributed by atoms with Crippen molar-refractivity contribution < 1.29 is 82.2 Å². The number of para-hydroxylation sites is 2. The van der Waals surface area contributed by atoms with Crippen molar-refractivity contribution in [2.75, 3.05) is 162 Å². The van der Waals surface area contributed by atoms with Gasteiger partial charge >= 0.3 is 6.18 Å². The number of benzene rings is 9. The maximum Gasteiger partial charge on any atom is 0.416 e. The average Bonchev–Trinajstić information content (AvgIpc) is 0.973. The second kappa shape index (κ2) is 68.8. The van der Waals surface area contributed by atoms with Crippen molar-refractivity contribution >= 4 is 25.4 Å². The predicted octanol–water partition coefficient (Wildman–Crippen LogP) is 29.3. The van der Waals surface area contributed by atoms with E-state index in [1.165, 1.54) is 161 Å². The first-order valence-electron chi connectivity index (χ1n) is 54.9. The molecule has 0 radical (unpaired) electrons. The summed E-state index contributed by atoms with van der Waals surface area (Å²) >= 11 is 0. The van der Waals surface area contributed by atoms with Crippen molar-refractivity contribution in [1.82, 2.24) is 19.6 Å². The van der Waals surface area contributed by atoms with Gasteiger partial charge in [-0.3, -0.25) is 19.6 Å². The Bertz CT molecular complexity index is 5400. The number of anilines is 1. The van der Waals surface area contributed by atoms with Crippen molar-refractivity contribution in [3.63, 3.8) is 0 Å². The van der Waals surface area contributed by atoms with Crippen LogP contribution < -0.4 is 33.3 Å². The van der Waals surface area contributed by atoms with Crippen LogP contribution in [0.5, 0.6) is 34.5 Å². The van der Waals surface area contributed by atoms with E-state index in [1.54, 1.807) is 56.3 Å². The van der Waals surface area contributed by atoms with Gasteiger partial charge in [-0.05, 0) is 310 Å². The van der Waals surface area contributed by atoms with Gasteiger partial charge in [0.15, 0.2) is 19.7 Å². The lowest BCUT2D eigenvalue weighted by atomic mass is 9.96. The first kappa shape index (κ1) is 129. The molecule has 5 fully saturated rings. The molecule has 0 aliphatic carbocycles. The average molecular weight is 2110 g/mol. The van der Waals surface area contributed by atoms with Gasteiger partial charge in [0.25, 0.3) is 6.43 Å². The van der Waals surface area contributed by atoms with Gasteiger partial charge in [-0.1, -0.05) is 261 Å². The number of ether oxygens (including phenoxy) is 7. The molecule has 2 unspecified atom stereocenters. The van der Waals surface area contributed by atoms with Crippen molar-refractivity contribution in [1.29, 1.82) is 0 Å². The van der Waals surface area contributed by atoms with Crippen LogP contribution in [0.4, 0.5) is 27.6 Å². The van der Waals surface area contributed by atoms with E-state index in [0.717, 1.165) is 145 Å². The summed E-state index contributed by atoms with van der Waals surface area (Å²) in [6.07, 6.45) is 10.8. The third-order valence-corrected chi connectivity index (χ3v) is 29.2. The fourth-order valence-electron chi connectivity index (χ4n) is 17.4. The Morgan fingerprint density at radius 3 is 1.11 bits per heavy atom. The van der Waals surface area contributed by atoms with E-state index in [4.69, 9.17) is 33.2 Å². The van der Waals surface area contributed by atoms with Crippen molar-refractivity contribution in [3.8, 4) is 34.5 Å². The molecular weight excluding hydrogens is 1930 g/mol. The van der Waals surface area contributed by atoms with Gasteiger partial charge < -0.3 is 48.3 Å². The highest BCUT2D eigenvalue weighted by molar-refractivity contribution is 7.91. The number of hydrogen-bond donors (Lipinski definition) is 2. The highest BCUT2D eigenvalue weighted by atomic mass is 32.2. The highest BCUT2D eigenvalue weighted by Gasteiger charge is 2.34. The summed E-state index contributed by atoms with van der Waals surface area (Å²) < 4.78 is 150. The van der Waals surface area contributed by atoms with Crippen LogP contribution in [0.2, 0.25) is 0 Å². The Morgan fingerprint density at radius 2 is 0.691 bits per heavy atom. The topological polar surface area (TPSA) is 190 Å². The fourth-order valence-corrected chi connectivity index (χ4v) is 19.1. The minimum atomic E-state index is -4.31. The van der Waals surface area contributed by atoms with Gasteiger partial charge in [0.05, 0.1) is 40.8 Å². The number of sulfone groups is 2. The van der Waals surface area contributed by atoms with Crippen LogP contribution >= 0.6 is 0 Å². The monoisotopic (exact) mass is 2110 g/mol. The van der Waals surface area contributed by atoms with E-state index < -0.39 is 37.8 Å². The predicted molar refractivity (Wildman–Crippen MR) is 606 cm³/mol. The van der Waals surface area contributed by atoms with E-state index in [0.29, 0.717) is 94.4 Å². The Hall–Kier alpha value is -9.15. The van der Waals surface area contributed by atoms with Crippen molar-refractivity contribution in [3.05, 3.63) is 267 Å². The highest BCUT2D eigenvalue weighted by Crippen LogP contribution is 2.39. The van der Waals surface area contributed by atoms with Crippen LogP contribution in [-0.4, -0.2) is 216 Å². The molecule has 149 heavy (non-hydrogen) atoms. The van der Waals surface area contributed by atoms with Crippen LogP contribution in [0.1, 0.15) is 343 Å². The number of halogens is 5. The molecule has 25 heteroatoms. The summed E-state index contributed by atoms with van der Waals surface area (Å²) in [7, 11) is -6.14. The standard InChI is InChI=1S/C17H24F3NO.C17H25F2NO.C16H25NO.C15H23NO2.C13H19N.2C13H20O2.2C10H14O2S/c1-13(2)15-12-14(6-7-16(15)17(18,19)20)22-11-10-21-8-4-3-5-9-21;1-13(2)16-12-14(6-7-15(16)17(18)19)21-11-10-20-8-4-3-5-9-20;1-14(2)15-7-6-8-16(13-15)18-12-11-17-9-4-3-5-10-17;1-13(2)14-5-3-4-6-15(14)18-12-9-16-7-10-17-11-8-16;1-11(2)12-6-5-7-13(10-12)14-8-3-4-9-14;1-4-12(14)9-15-13-7-5-11(6-8-13)10(2)3;1-4-11(14)9-15-13-8-6-5-7-12(13)10(2)3;1-8(2)9-5-4-6-10(7-9)13(3,11)12;1-8(2)9-6-4-5-7-10(9)13(3,11)12/h6-7,12-13H,3-5,8-11H2,1-2H3;6-7,12-13,17H,3-5,8-11H2,1-2H3;6-8,13-14H,3-5,9-12H2,1-2H3;3-6,13H,7-12H2,1-2H3;5-7,10-11H,3-4,8-9H2,1-2H3;5-8,10,12,14H,4,9H2,1-3H3;5-8,10-11,14H,4,9H2,1-3H3;2*4-8H,1-3H3. The molecule has 830 valence electrons. The number of aliphatic hydroxyl groups excluding tert-OH is 2. The van der Waals surface area contributed by atoms with Gasteiger partial charge in [-0.15, -0.1) is 0 Å². The van der Waals surface area contributed by atoms with Crippen LogP contribution in [-0.2, 0) is 30.6 Å². The van der Waals surface area contributed by atoms with Gasteiger partial charge in [0.2, 0.25) is 0 Å². The number of alkyl halides is 5. The molecule has 9 aromatic carbocycles. The third kappa shape index (κ3) is 49.7. The second-order valence-corrected chi connectivity index (χ2v) is 46.2. The summed E-state index contributed by atoms with van der Waals surface area (Å²) in [6.45, 7) is 61.7. The van der Waals surface area contributed by atoms with Crippen molar-refractivity contribution in [2.24, 2.45) is 0 Å². The van der Waals surface area contributed by atoms with Crippen LogP contribution in [0, 0.1) is 0 Å². The Labute approximate surface area is 895 Å². The summed E-state index contributed by atoms with van der Waals surface area (Å²) in [6, 6.07) is 65.1. The molecule has 2 atom stereocenters. The molecule has 5 saturated heterocycles. The zero-order chi connectivity index (χ0) is 110. The molecule has 14 rings (SSSR count). The normalized spacial score (nSPS) is 15.2. The fraction of sp³-hybridized carbons (Fsp3) is 0.565. The lowest BCUT2D eigenvalue weighted by molar-refractivity contribution is -0.138. The van der Waals surface area contributed by atoms with Crippen LogP contribution in [0.3, 0.4) is 0 Å². The minimum Gasteiger partial charge on any atom is -0.492 e. The summed E-state index contributed by atoms with van der Waals surface area (Å²) in [5, 5.41) is 18.8. The number of likely N-dealkylation sites (tertiary alicyclic amines) is 3. The molecule has 18 nitrogen and oxygen atoms in total. The van der Waals surface area contributed by atoms with E-state index in [2.05, 4.69) is 179 Å². The summed E-state index contributed by atoms with van der Waals surface area (Å²) in [5.74, 6) is 8.15. The van der Waals surface area contributed by atoms with E-state index in [-0.39, 0.29) is 35.5 Å². The molecule has 0 bridgehead atoms. The van der Waals surface area contributed by atoms with Gasteiger partial charge in [0.1, 0.15) is 74.1 Å². The molecule has 2 N–H and O–H groups in total. The molecule has 0 amide bonds. The van der Waals surface area contributed by atoms with E-state index in [9.17, 15) is 49.0 Å². The van der Waals surface area contributed by atoms with Gasteiger partial charge in [-0.25, -0.2) is 25.6 Å². The zero-order valence-electron chi connectivity index (χ0n) is 94.1. The lowest BCUT2D eigenvalue weighted by Gasteiger charge is -2.26. The Balaban J connectivity index is 0.000000257. The van der Waals surface area contributed by atoms with Crippen LogP contribution in [0.15, 0.2) is 216 Å². The maximum atomic E-state index is 13.0. The Kier molecular flexibility index (Phi) is 59.3. The molecule has 0 saturated carbocycles. The molecular formula is C124H184F5N5O13S2. The minimum absolute atomic E-state index is 0.0691. The number of hydrogen-bond acceptors (Lipinski definition) is 18. The van der Waals surface area contributed by atoms with Crippen molar-refractivity contribution in [2.45, 2.75) is 310 Å². The SMILES string of the molecule is CC(C)c1cc(OCCN2CCCCC2)ccc1C(F)(F)F.CC(C)c1cc(OCCN2CCCCC2)ccc1C(F)F.CC(C)c1cccc(N2CCCC2)c1.CC(C)c1cccc(OCCN2CCCCC2)c1.CC(C)c1cccc(S(C)(=O)=O)c1.CC(C)c1ccccc1OCCN1CCOCC1.CC(C)c1ccccc1S(C)(=O)=O.CCC(O)COc1ccc(C(C)C)cc1.CCC(O)COc1ccccc1C(C)C. The zero-order valence-corrected chi connectivity index (χ0v) is 95.8.